The molecule has 17 heavy (non-hydrogen) atoms. The Bertz CT molecular complexity index is 383. The standard InChI is InChI=1S/C13H21NO2S/c1-5-10-6-7-17-11(10)12(15)14-8-13(4,16)9(2)3/h6-7,9,16H,5,8H2,1-4H3,(H,14,15). The van der Waals surface area contributed by atoms with E-state index in [1.807, 2.05) is 32.2 Å². The largest absolute Gasteiger partial charge is 0.388 e. The third-order valence-electron chi connectivity index (χ3n) is 3.18. The first kappa shape index (κ1) is 14.2. The van der Waals surface area contributed by atoms with Crippen molar-refractivity contribution in [1.29, 1.82) is 0 Å². The van der Waals surface area contributed by atoms with E-state index >= 15 is 0 Å². The van der Waals surface area contributed by atoms with E-state index < -0.39 is 5.60 Å². The normalized spacial score (nSPS) is 14.7. The van der Waals surface area contributed by atoms with Crippen molar-refractivity contribution >= 4 is 17.2 Å². The number of carbonyl (C=O) groups excluding carboxylic acids is 1. The van der Waals surface area contributed by atoms with Gasteiger partial charge in [-0.05, 0) is 36.3 Å². The van der Waals surface area contributed by atoms with Gasteiger partial charge in [0.15, 0.2) is 0 Å². The number of amides is 1. The molecule has 1 aromatic heterocycles. The maximum absolute atomic E-state index is 11.9. The lowest BCUT2D eigenvalue weighted by atomic mass is 9.92. The van der Waals surface area contributed by atoms with Crippen LogP contribution in [0.3, 0.4) is 0 Å². The SMILES string of the molecule is CCc1ccsc1C(=O)NCC(C)(O)C(C)C. The molecule has 0 saturated heterocycles. The van der Waals surface area contributed by atoms with Crippen LogP contribution in [0, 0.1) is 5.92 Å². The predicted octanol–water partition coefficient (Wildman–Crippen LogP) is 2.45. The Balaban J connectivity index is 2.62. The monoisotopic (exact) mass is 255 g/mol. The van der Waals surface area contributed by atoms with Gasteiger partial charge in [0.05, 0.1) is 10.5 Å². The van der Waals surface area contributed by atoms with Crippen molar-refractivity contribution in [3.63, 3.8) is 0 Å². The van der Waals surface area contributed by atoms with Gasteiger partial charge in [0.1, 0.15) is 0 Å². The second kappa shape index (κ2) is 5.65. The number of carbonyl (C=O) groups is 1. The Morgan fingerprint density at radius 1 is 1.59 bits per heavy atom. The van der Waals surface area contributed by atoms with Gasteiger partial charge in [0.25, 0.3) is 5.91 Å². The molecule has 1 rings (SSSR count). The Kier molecular flexibility index (Phi) is 4.71. The highest BCUT2D eigenvalue weighted by Crippen LogP contribution is 2.18. The van der Waals surface area contributed by atoms with Crippen LogP contribution in [0.15, 0.2) is 11.4 Å². The molecule has 96 valence electrons. The van der Waals surface area contributed by atoms with Crippen molar-refractivity contribution < 1.29 is 9.90 Å². The van der Waals surface area contributed by atoms with Crippen LogP contribution in [0.2, 0.25) is 0 Å². The second-order valence-electron chi connectivity index (χ2n) is 4.82. The predicted molar refractivity (Wildman–Crippen MR) is 71.5 cm³/mol. The van der Waals surface area contributed by atoms with E-state index in [0.29, 0.717) is 0 Å². The summed E-state index contributed by atoms with van der Waals surface area (Å²) in [6.07, 6.45) is 0.854. The second-order valence-corrected chi connectivity index (χ2v) is 5.74. The summed E-state index contributed by atoms with van der Waals surface area (Å²) in [5.41, 5.74) is 0.205. The molecule has 0 aliphatic carbocycles. The summed E-state index contributed by atoms with van der Waals surface area (Å²) in [5, 5.41) is 14.8. The molecule has 0 bridgehead atoms. The fraction of sp³-hybridized carbons (Fsp3) is 0.615. The Hall–Kier alpha value is -0.870. The zero-order valence-corrected chi connectivity index (χ0v) is 11.7. The molecule has 1 aromatic rings. The molecule has 2 N–H and O–H groups in total. The maximum Gasteiger partial charge on any atom is 0.261 e. The summed E-state index contributed by atoms with van der Waals surface area (Å²) in [7, 11) is 0. The van der Waals surface area contributed by atoms with Gasteiger partial charge < -0.3 is 10.4 Å². The lowest BCUT2D eigenvalue weighted by Gasteiger charge is -2.27. The molecular formula is C13H21NO2S. The first-order valence-electron chi connectivity index (χ1n) is 5.95. The number of aliphatic hydroxyl groups is 1. The van der Waals surface area contributed by atoms with Crippen LogP contribution < -0.4 is 5.32 Å². The third-order valence-corrected chi connectivity index (χ3v) is 4.14. The smallest absolute Gasteiger partial charge is 0.261 e. The highest BCUT2D eigenvalue weighted by atomic mass is 32.1. The molecule has 3 nitrogen and oxygen atoms in total. The summed E-state index contributed by atoms with van der Waals surface area (Å²) >= 11 is 1.45. The van der Waals surface area contributed by atoms with E-state index in [9.17, 15) is 9.90 Å². The Morgan fingerprint density at radius 2 is 2.24 bits per heavy atom. The van der Waals surface area contributed by atoms with E-state index in [1.165, 1.54) is 11.3 Å². The van der Waals surface area contributed by atoms with Gasteiger partial charge in [-0.3, -0.25) is 4.79 Å². The molecule has 4 heteroatoms. The first-order chi connectivity index (χ1) is 7.88. The van der Waals surface area contributed by atoms with Gasteiger partial charge in [-0.25, -0.2) is 0 Å². The zero-order valence-electron chi connectivity index (χ0n) is 10.9. The van der Waals surface area contributed by atoms with Crippen LogP contribution in [-0.4, -0.2) is 23.2 Å². The number of thiophene rings is 1. The number of hydrogen-bond acceptors (Lipinski definition) is 3. The number of nitrogens with one attached hydrogen (secondary N) is 1. The number of hydrogen-bond donors (Lipinski definition) is 2. The maximum atomic E-state index is 11.9. The fourth-order valence-electron chi connectivity index (χ4n) is 1.36. The molecule has 1 heterocycles. The van der Waals surface area contributed by atoms with Gasteiger partial charge in [0.2, 0.25) is 0 Å². The number of rotatable bonds is 5. The van der Waals surface area contributed by atoms with E-state index in [2.05, 4.69) is 5.32 Å². The van der Waals surface area contributed by atoms with Gasteiger partial charge in [-0.15, -0.1) is 11.3 Å². The molecule has 1 atom stereocenters. The van der Waals surface area contributed by atoms with Crippen molar-refractivity contribution in [1.82, 2.24) is 5.32 Å². The molecule has 1 unspecified atom stereocenters. The van der Waals surface area contributed by atoms with Crippen LogP contribution >= 0.6 is 11.3 Å². The van der Waals surface area contributed by atoms with Gasteiger partial charge in [0, 0.05) is 6.54 Å². The van der Waals surface area contributed by atoms with Crippen LogP contribution in [0.25, 0.3) is 0 Å². The van der Waals surface area contributed by atoms with E-state index in [4.69, 9.17) is 0 Å². The van der Waals surface area contributed by atoms with Crippen molar-refractivity contribution in [2.24, 2.45) is 5.92 Å². The first-order valence-corrected chi connectivity index (χ1v) is 6.83. The third kappa shape index (κ3) is 3.54. The van der Waals surface area contributed by atoms with Crippen molar-refractivity contribution in [2.45, 2.75) is 39.7 Å². The quantitative estimate of drug-likeness (QED) is 0.849. The molecule has 1 amide bonds. The topological polar surface area (TPSA) is 49.3 Å². The van der Waals surface area contributed by atoms with Crippen molar-refractivity contribution in [2.75, 3.05) is 6.54 Å². The summed E-state index contributed by atoms with van der Waals surface area (Å²) in [6, 6.07) is 1.97. The highest BCUT2D eigenvalue weighted by Gasteiger charge is 2.26. The van der Waals surface area contributed by atoms with Gasteiger partial charge in [-0.1, -0.05) is 20.8 Å². The minimum Gasteiger partial charge on any atom is -0.388 e. The molecular weight excluding hydrogens is 234 g/mol. The van der Waals surface area contributed by atoms with Crippen molar-refractivity contribution in [3.05, 3.63) is 21.9 Å². The zero-order chi connectivity index (χ0) is 13.1. The highest BCUT2D eigenvalue weighted by molar-refractivity contribution is 7.12. The number of aryl methyl sites for hydroxylation is 1. The minimum absolute atomic E-state index is 0.0854. The summed E-state index contributed by atoms with van der Waals surface area (Å²) in [5.74, 6) is 0.0227. The molecule has 0 fully saturated rings. The summed E-state index contributed by atoms with van der Waals surface area (Å²) < 4.78 is 0. The summed E-state index contributed by atoms with van der Waals surface area (Å²) in [6.45, 7) is 7.93. The van der Waals surface area contributed by atoms with E-state index in [1.54, 1.807) is 6.92 Å². The lowest BCUT2D eigenvalue weighted by molar-refractivity contribution is 0.0143. The molecule has 0 aliphatic heterocycles. The summed E-state index contributed by atoms with van der Waals surface area (Å²) in [4.78, 5) is 12.7. The Morgan fingerprint density at radius 3 is 2.76 bits per heavy atom. The van der Waals surface area contributed by atoms with E-state index in [-0.39, 0.29) is 18.4 Å². The molecule has 0 aromatic carbocycles. The van der Waals surface area contributed by atoms with E-state index in [0.717, 1.165) is 16.9 Å². The van der Waals surface area contributed by atoms with Crippen LogP contribution in [0.4, 0.5) is 0 Å². The average Bonchev–Trinajstić information content (AvgIpc) is 2.73. The molecule has 0 spiro atoms. The minimum atomic E-state index is -0.862. The fourth-order valence-corrected chi connectivity index (χ4v) is 2.27. The average molecular weight is 255 g/mol. The van der Waals surface area contributed by atoms with Gasteiger partial charge in [-0.2, -0.15) is 0 Å². The lowest BCUT2D eigenvalue weighted by Crippen LogP contribution is -2.44. The molecule has 0 radical (unpaired) electrons. The van der Waals surface area contributed by atoms with Crippen LogP contribution in [-0.2, 0) is 6.42 Å². The Labute approximate surface area is 107 Å². The van der Waals surface area contributed by atoms with Crippen LogP contribution in [0.1, 0.15) is 42.9 Å². The van der Waals surface area contributed by atoms with Gasteiger partial charge >= 0.3 is 0 Å². The van der Waals surface area contributed by atoms with Crippen LogP contribution in [0.5, 0.6) is 0 Å². The molecule has 0 saturated carbocycles. The molecule has 0 aliphatic rings. The van der Waals surface area contributed by atoms with Crippen molar-refractivity contribution in [3.8, 4) is 0 Å².